The van der Waals surface area contributed by atoms with Crippen molar-refractivity contribution >= 4 is 41.0 Å². The molecule has 1 N–H and O–H groups in total. The van der Waals surface area contributed by atoms with Crippen molar-refractivity contribution in [2.75, 3.05) is 12.4 Å². The summed E-state index contributed by atoms with van der Waals surface area (Å²) in [5.41, 5.74) is -0.538. The van der Waals surface area contributed by atoms with E-state index in [1.807, 2.05) is 0 Å². The molecule has 1 rings (SSSR count). The number of benzene rings is 1. The molecule has 0 aliphatic carbocycles. The molecule has 1 aromatic carbocycles. The van der Waals surface area contributed by atoms with Gasteiger partial charge < -0.3 is 9.84 Å². The van der Waals surface area contributed by atoms with Crippen LogP contribution in [0.5, 0.6) is 0 Å². The molecule has 0 unspecified atom stereocenters. The zero-order chi connectivity index (χ0) is 15.3. The van der Waals surface area contributed by atoms with Gasteiger partial charge in [0.1, 0.15) is 4.90 Å². The van der Waals surface area contributed by atoms with Crippen molar-refractivity contribution in [3.05, 3.63) is 32.8 Å². The Morgan fingerprint density at radius 2 is 2.15 bits per heavy atom. The second kappa shape index (κ2) is 7.11. The maximum Gasteiger partial charge on any atom is 0.339 e. The van der Waals surface area contributed by atoms with Crippen LogP contribution in [-0.2, 0) is 9.53 Å². The Labute approximate surface area is 123 Å². The highest BCUT2D eigenvalue weighted by atomic mass is 35.5. The predicted molar refractivity (Wildman–Crippen MR) is 72.4 cm³/mol. The molecule has 9 heteroatoms. The molecule has 0 amide bonds. The van der Waals surface area contributed by atoms with Gasteiger partial charge in [-0.1, -0.05) is 11.6 Å². The lowest BCUT2D eigenvalue weighted by molar-refractivity contribution is -0.387. The summed E-state index contributed by atoms with van der Waals surface area (Å²) in [5, 5.41) is 19.6. The lowest BCUT2D eigenvalue weighted by Gasteiger charge is -2.09. The molecular weight excluding hydrogens is 310 g/mol. The molecule has 0 atom stereocenters. The quantitative estimate of drug-likeness (QED) is 0.371. The maximum atomic E-state index is 11.8. The van der Waals surface area contributed by atoms with Crippen LogP contribution in [0.25, 0.3) is 0 Å². The van der Waals surface area contributed by atoms with E-state index in [0.29, 0.717) is 11.8 Å². The summed E-state index contributed by atoms with van der Waals surface area (Å²) >= 11 is 6.41. The van der Waals surface area contributed by atoms with E-state index in [-0.39, 0.29) is 22.1 Å². The standard InChI is InChI=1S/C11H10ClNO6S/c1-2-19-11(16)7-3-6(12)4-8(13(17)18)10(7)20-5-9(14)15/h3-4H,2,5H2,1H3,(H,14,15). The third kappa shape index (κ3) is 4.10. The summed E-state index contributed by atoms with van der Waals surface area (Å²) in [5.74, 6) is -2.37. The lowest BCUT2D eigenvalue weighted by atomic mass is 10.2. The van der Waals surface area contributed by atoms with Gasteiger partial charge in [-0.15, -0.1) is 11.8 Å². The monoisotopic (exact) mass is 319 g/mol. The number of carbonyl (C=O) groups is 2. The molecule has 0 fully saturated rings. The van der Waals surface area contributed by atoms with Crippen LogP contribution in [0.15, 0.2) is 17.0 Å². The van der Waals surface area contributed by atoms with Gasteiger partial charge >= 0.3 is 11.9 Å². The van der Waals surface area contributed by atoms with Crippen LogP contribution in [0.1, 0.15) is 17.3 Å². The van der Waals surface area contributed by atoms with Crippen molar-refractivity contribution in [1.29, 1.82) is 0 Å². The van der Waals surface area contributed by atoms with Crippen LogP contribution in [0.4, 0.5) is 5.69 Å². The minimum Gasteiger partial charge on any atom is -0.481 e. The molecule has 0 aromatic heterocycles. The van der Waals surface area contributed by atoms with Crippen molar-refractivity contribution < 1.29 is 24.4 Å². The Morgan fingerprint density at radius 3 is 2.65 bits per heavy atom. The van der Waals surface area contributed by atoms with E-state index >= 15 is 0 Å². The van der Waals surface area contributed by atoms with Crippen molar-refractivity contribution in [2.24, 2.45) is 0 Å². The number of hydrogen-bond donors (Lipinski definition) is 1. The Morgan fingerprint density at radius 1 is 1.50 bits per heavy atom. The number of carboxylic acid groups (broad SMARTS) is 1. The molecule has 7 nitrogen and oxygen atoms in total. The number of ether oxygens (including phenoxy) is 1. The van der Waals surface area contributed by atoms with Crippen molar-refractivity contribution in [2.45, 2.75) is 11.8 Å². The predicted octanol–water partition coefficient (Wildman–Crippen LogP) is 2.60. The summed E-state index contributed by atoms with van der Waals surface area (Å²) in [6.45, 7) is 1.67. The Balaban J connectivity index is 3.34. The molecule has 0 spiro atoms. The smallest absolute Gasteiger partial charge is 0.339 e. The molecule has 0 saturated carbocycles. The van der Waals surface area contributed by atoms with Gasteiger partial charge in [0.15, 0.2) is 0 Å². The molecule has 0 aliphatic rings. The number of carbonyl (C=O) groups excluding carboxylic acids is 1. The van der Waals surface area contributed by atoms with Gasteiger partial charge in [0.2, 0.25) is 0 Å². The summed E-state index contributed by atoms with van der Waals surface area (Å²) in [7, 11) is 0. The van der Waals surface area contributed by atoms with Crippen LogP contribution in [0.2, 0.25) is 5.02 Å². The molecule has 0 bridgehead atoms. The average molecular weight is 320 g/mol. The van der Waals surface area contributed by atoms with Gasteiger partial charge in [-0.25, -0.2) is 4.79 Å². The molecule has 1 aromatic rings. The number of aliphatic carboxylic acids is 1. The highest BCUT2D eigenvalue weighted by Gasteiger charge is 2.25. The number of hydrogen-bond acceptors (Lipinski definition) is 6. The fourth-order valence-electron chi connectivity index (χ4n) is 1.36. The zero-order valence-electron chi connectivity index (χ0n) is 10.3. The maximum absolute atomic E-state index is 11.8. The van der Waals surface area contributed by atoms with Gasteiger partial charge in [0.05, 0.1) is 22.8 Å². The number of nitrogens with zero attached hydrogens (tertiary/aromatic N) is 1. The fraction of sp³-hybridized carbons (Fsp3) is 0.273. The van der Waals surface area contributed by atoms with E-state index in [2.05, 4.69) is 0 Å². The lowest BCUT2D eigenvalue weighted by Crippen LogP contribution is -2.09. The van der Waals surface area contributed by atoms with E-state index in [0.717, 1.165) is 6.07 Å². The first-order valence-electron chi connectivity index (χ1n) is 5.36. The van der Waals surface area contributed by atoms with Gasteiger partial charge in [0, 0.05) is 11.1 Å². The summed E-state index contributed by atoms with van der Waals surface area (Å²) in [6.07, 6.45) is 0. The molecule has 108 valence electrons. The van der Waals surface area contributed by atoms with Gasteiger partial charge in [0.25, 0.3) is 5.69 Å². The number of nitro groups is 1. The van der Waals surface area contributed by atoms with Gasteiger partial charge in [-0.2, -0.15) is 0 Å². The number of carboxylic acids is 1. The SMILES string of the molecule is CCOC(=O)c1cc(Cl)cc([N+](=O)[O-])c1SCC(=O)O. The minimum atomic E-state index is -1.16. The highest BCUT2D eigenvalue weighted by molar-refractivity contribution is 8.00. The van der Waals surface area contributed by atoms with Crippen LogP contribution < -0.4 is 0 Å². The Kier molecular flexibility index (Phi) is 5.78. The molecule has 20 heavy (non-hydrogen) atoms. The Hall–Kier alpha value is -1.80. The average Bonchev–Trinajstić information content (AvgIpc) is 2.36. The molecule has 0 saturated heterocycles. The third-order valence-electron chi connectivity index (χ3n) is 2.07. The highest BCUT2D eigenvalue weighted by Crippen LogP contribution is 2.35. The summed E-state index contributed by atoms with van der Waals surface area (Å²) in [6, 6.07) is 2.28. The van der Waals surface area contributed by atoms with Crippen molar-refractivity contribution in [3.63, 3.8) is 0 Å². The largest absolute Gasteiger partial charge is 0.481 e. The number of rotatable bonds is 6. The van der Waals surface area contributed by atoms with Crippen LogP contribution in [0.3, 0.4) is 0 Å². The third-order valence-corrected chi connectivity index (χ3v) is 3.39. The van der Waals surface area contributed by atoms with Crippen LogP contribution >= 0.6 is 23.4 Å². The number of thioether (sulfide) groups is 1. The normalized spacial score (nSPS) is 10.1. The molecule has 0 aliphatic heterocycles. The second-order valence-corrected chi connectivity index (χ2v) is 4.88. The van der Waals surface area contributed by atoms with Gasteiger partial charge in [-0.3, -0.25) is 14.9 Å². The van der Waals surface area contributed by atoms with Crippen molar-refractivity contribution in [3.8, 4) is 0 Å². The Bertz CT molecular complexity index is 562. The van der Waals surface area contributed by atoms with Crippen LogP contribution in [0, 0.1) is 10.1 Å². The van der Waals surface area contributed by atoms with E-state index < -0.39 is 28.3 Å². The molecule has 0 radical (unpaired) electrons. The van der Waals surface area contributed by atoms with E-state index in [1.165, 1.54) is 6.07 Å². The number of nitro benzene ring substituents is 1. The second-order valence-electron chi connectivity index (χ2n) is 3.46. The van der Waals surface area contributed by atoms with Crippen molar-refractivity contribution in [1.82, 2.24) is 0 Å². The van der Waals surface area contributed by atoms with E-state index in [1.54, 1.807) is 6.92 Å². The molecular formula is C11H10ClNO6S. The fourth-order valence-corrected chi connectivity index (χ4v) is 2.42. The van der Waals surface area contributed by atoms with E-state index in [9.17, 15) is 19.7 Å². The zero-order valence-corrected chi connectivity index (χ0v) is 11.9. The summed E-state index contributed by atoms with van der Waals surface area (Å²) < 4.78 is 4.78. The minimum absolute atomic E-state index is 0.000530. The first kappa shape index (κ1) is 16.3. The number of esters is 1. The molecule has 0 heterocycles. The number of halogens is 1. The first-order chi connectivity index (χ1) is 9.36. The first-order valence-corrected chi connectivity index (χ1v) is 6.72. The topological polar surface area (TPSA) is 107 Å². The van der Waals surface area contributed by atoms with E-state index in [4.69, 9.17) is 21.4 Å². The van der Waals surface area contributed by atoms with Gasteiger partial charge in [-0.05, 0) is 13.0 Å². The van der Waals surface area contributed by atoms with Crippen LogP contribution in [-0.4, -0.2) is 34.3 Å². The summed E-state index contributed by atoms with van der Waals surface area (Å²) in [4.78, 5) is 32.6.